The molecule has 3 aliphatic heterocycles. The number of nitrogens with zero attached hydrogens (tertiary/aromatic N) is 2. The van der Waals surface area contributed by atoms with Crippen LogP contribution in [-0.2, 0) is 25.3 Å². The first-order chi connectivity index (χ1) is 12.0. The molecule has 3 fully saturated rings. The van der Waals surface area contributed by atoms with E-state index in [0.717, 1.165) is 5.06 Å². The lowest BCUT2D eigenvalue weighted by molar-refractivity contribution is -0.139. The number of piperidine rings is 1. The van der Waals surface area contributed by atoms with Gasteiger partial charge in [0.25, 0.3) is 5.91 Å². The van der Waals surface area contributed by atoms with Crippen LogP contribution in [0, 0.1) is 5.92 Å². The molecule has 0 aliphatic carbocycles. The summed E-state index contributed by atoms with van der Waals surface area (Å²) in [6.07, 6.45) is 1.52. The normalized spacial score (nSPS) is 33.0. The van der Waals surface area contributed by atoms with E-state index in [-0.39, 0.29) is 37.8 Å². The van der Waals surface area contributed by atoms with Crippen LogP contribution in [0.5, 0.6) is 0 Å². The second-order valence-electron chi connectivity index (χ2n) is 6.44. The number of nitrogens with one attached hydrogen (secondary N) is 2. The molecule has 10 nitrogen and oxygen atoms in total. The van der Waals surface area contributed by atoms with Crippen molar-refractivity contribution in [2.24, 2.45) is 5.92 Å². The number of amides is 3. The molecule has 0 aromatic rings. The molecule has 3 N–H and O–H groups in total. The van der Waals surface area contributed by atoms with Gasteiger partial charge in [-0.25, -0.2) is 10.3 Å². The summed E-state index contributed by atoms with van der Waals surface area (Å²) in [7, 11) is 0. The third-order valence-electron chi connectivity index (χ3n) is 4.76. The first-order valence-electron chi connectivity index (χ1n) is 8.09. The Labute approximate surface area is 146 Å². The smallest absolute Gasteiger partial charge is 0.311 e. The molecule has 0 saturated carbocycles. The number of hydroxylamine groups is 3. The molecule has 0 aromatic carbocycles. The highest BCUT2D eigenvalue weighted by molar-refractivity contribution is 7.74. The molecular weight excluding hydrogens is 359 g/mol. The fourth-order valence-electron chi connectivity index (χ4n) is 3.50. The minimum absolute atomic E-state index is 0.0198. The summed E-state index contributed by atoms with van der Waals surface area (Å²) < 4.78 is 36.7. The van der Waals surface area contributed by atoms with E-state index in [2.05, 4.69) is 15.1 Å². The summed E-state index contributed by atoms with van der Waals surface area (Å²) in [6, 6.07) is -1.71. The van der Waals surface area contributed by atoms with Crippen LogP contribution in [0.3, 0.4) is 0 Å². The van der Waals surface area contributed by atoms with Gasteiger partial charge in [0.05, 0.1) is 19.3 Å². The molecule has 2 bridgehead atoms. The standard InChI is InChI=1S/C13H21FN4O6S/c14-4-8-3-9(15-5-8)7-23-16-12(19)11-2-1-10-6-17(11)13(20)18(10)24-25(21)22/h8-11,15H,1-7H2,(H,16,19)(H,21,22)/t8-,9-,10?,11?/m0/s1. The highest BCUT2D eigenvalue weighted by Gasteiger charge is 2.48. The van der Waals surface area contributed by atoms with Crippen LogP contribution in [0.15, 0.2) is 0 Å². The van der Waals surface area contributed by atoms with E-state index in [1.165, 1.54) is 4.90 Å². The molecule has 0 radical (unpaired) electrons. The van der Waals surface area contributed by atoms with Gasteiger partial charge in [-0.1, -0.05) is 0 Å². The van der Waals surface area contributed by atoms with Crippen LogP contribution in [0.2, 0.25) is 0 Å². The summed E-state index contributed by atoms with van der Waals surface area (Å²) in [4.78, 5) is 31.0. The topological polar surface area (TPSA) is 120 Å². The summed E-state index contributed by atoms with van der Waals surface area (Å²) in [6.45, 7) is 0.668. The van der Waals surface area contributed by atoms with Gasteiger partial charge in [-0.3, -0.25) is 18.6 Å². The second-order valence-corrected chi connectivity index (χ2v) is 7.02. The van der Waals surface area contributed by atoms with E-state index in [1.54, 1.807) is 0 Å². The van der Waals surface area contributed by atoms with Gasteiger partial charge in [-0.05, 0) is 19.3 Å². The Morgan fingerprint density at radius 3 is 2.96 bits per heavy atom. The molecule has 3 unspecified atom stereocenters. The highest BCUT2D eigenvalue weighted by Crippen LogP contribution is 2.30. The van der Waals surface area contributed by atoms with Crippen LogP contribution in [0.4, 0.5) is 9.18 Å². The predicted octanol–water partition coefficient (Wildman–Crippen LogP) is -0.681. The van der Waals surface area contributed by atoms with E-state index >= 15 is 0 Å². The molecule has 12 heteroatoms. The zero-order valence-corrected chi connectivity index (χ0v) is 14.2. The maximum Gasteiger partial charge on any atom is 0.346 e. The lowest BCUT2D eigenvalue weighted by atomic mass is 10.0. The van der Waals surface area contributed by atoms with Crippen molar-refractivity contribution in [3.8, 4) is 0 Å². The highest BCUT2D eigenvalue weighted by atomic mass is 32.2. The lowest BCUT2D eigenvalue weighted by Gasteiger charge is -2.29. The minimum atomic E-state index is -2.60. The second kappa shape index (κ2) is 7.91. The minimum Gasteiger partial charge on any atom is -0.311 e. The lowest BCUT2D eigenvalue weighted by Crippen LogP contribution is -2.50. The number of alkyl halides is 1. The van der Waals surface area contributed by atoms with Crippen molar-refractivity contribution in [1.29, 1.82) is 0 Å². The number of rotatable bonds is 7. The molecule has 0 spiro atoms. The molecule has 142 valence electrons. The van der Waals surface area contributed by atoms with E-state index < -0.39 is 29.3 Å². The third-order valence-corrected chi connectivity index (χ3v) is 5.05. The van der Waals surface area contributed by atoms with Crippen molar-refractivity contribution < 1.29 is 31.9 Å². The zero-order valence-electron chi connectivity index (χ0n) is 13.4. The maximum absolute atomic E-state index is 12.6. The Balaban J connectivity index is 1.47. The first-order valence-corrected chi connectivity index (χ1v) is 9.13. The fraction of sp³-hybridized carbons (Fsp3) is 0.846. The SMILES string of the molecule is O=C(NOC[C@@H]1C[C@@H](CF)CN1)C1CCC2CN1C(=O)N2OS(=O)O. The Hall–Kier alpha value is -1.34. The fourth-order valence-corrected chi connectivity index (χ4v) is 3.82. The van der Waals surface area contributed by atoms with Gasteiger partial charge in [0.1, 0.15) is 6.04 Å². The summed E-state index contributed by atoms with van der Waals surface area (Å²) in [5.74, 6) is -0.483. The van der Waals surface area contributed by atoms with Crippen LogP contribution in [-0.4, -0.2) is 75.2 Å². The molecule has 25 heavy (non-hydrogen) atoms. The van der Waals surface area contributed by atoms with E-state index in [9.17, 15) is 18.2 Å². The van der Waals surface area contributed by atoms with Crippen LogP contribution >= 0.6 is 0 Å². The quantitative estimate of drug-likeness (QED) is 0.395. The van der Waals surface area contributed by atoms with Crippen molar-refractivity contribution >= 4 is 23.3 Å². The van der Waals surface area contributed by atoms with Gasteiger partial charge in [0.15, 0.2) is 0 Å². The van der Waals surface area contributed by atoms with Crippen molar-refractivity contribution in [2.75, 3.05) is 26.4 Å². The Bertz CT molecular complexity index is 555. The molecule has 3 amide bonds. The number of halogens is 1. The first kappa shape index (κ1) is 18.5. The van der Waals surface area contributed by atoms with E-state index in [0.29, 0.717) is 25.8 Å². The average molecular weight is 380 g/mol. The number of carbonyl (C=O) groups is 2. The van der Waals surface area contributed by atoms with Crippen LogP contribution in [0.25, 0.3) is 0 Å². The summed E-state index contributed by atoms with van der Waals surface area (Å²) in [5, 5.41) is 3.96. The van der Waals surface area contributed by atoms with Crippen LogP contribution in [0.1, 0.15) is 19.3 Å². The van der Waals surface area contributed by atoms with Crippen LogP contribution < -0.4 is 10.8 Å². The van der Waals surface area contributed by atoms with E-state index in [4.69, 9.17) is 9.39 Å². The summed E-state index contributed by atoms with van der Waals surface area (Å²) in [5.41, 5.74) is 2.34. The number of fused-ring (bicyclic) bond motifs is 2. The number of hydrogen-bond acceptors (Lipinski definition) is 6. The van der Waals surface area contributed by atoms with Crippen molar-refractivity contribution in [2.45, 2.75) is 37.4 Å². The largest absolute Gasteiger partial charge is 0.346 e. The monoisotopic (exact) mass is 380 g/mol. The molecule has 5 atom stereocenters. The molecular formula is C13H21FN4O6S. The molecule has 3 aliphatic rings. The number of urea groups is 1. The molecule has 3 heterocycles. The van der Waals surface area contributed by atoms with Gasteiger partial charge in [0.2, 0.25) is 0 Å². The number of carbonyl (C=O) groups excluding carboxylic acids is 2. The van der Waals surface area contributed by atoms with Gasteiger partial charge in [0, 0.05) is 25.0 Å². The zero-order chi connectivity index (χ0) is 18.0. The third kappa shape index (κ3) is 4.08. The Morgan fingerprint density at radius 1 is 1.48 bits per heavy atom. The number of hydrogen-bond donors (Lipinski definition) is 3. The van der Waals surface area contributed by atoms with Gasteiger partial charge in [-0.15, -0.1) is 4.28 Å². The van der Waals surface area contributed by atoms with Gasteiger partial charge >= 0.3 is 17.4 Å². The van der Waals surface area contributed by atoms with Crippen molar-refractivity contribution in [1.82, 2.24) is 20.8 Å². The van der Waals surface area contributed by atoms with Crippen molar-refractivity contribution in [3.05, 3.63) is 0 Å². The predicted molar refractivity (Wildman–Crippen MR) is 82.6 cm³/mol. The molecule has 3 rings (SSSR count). The Morgan fingerprint density at radius 2 is 2.28 bits per heavy atom. The molecule has 0 aromatic heterocycles. The maximum atomic E-state index is 12.6. The van der Waals surface area contributed by atoms with Crippen molar-refractivity contribution in [3.63, 3.8) is 0 Å². The molecule has 3 saturated heterocycles. The van der Waals surface area contributed by atoms with Gasteiger partial charge in [-0.2, -0.15) is 9.27 Å². The summed E-state index contributed by atoms with van der Waals surface area (Å²) >= 11 is -2.60. The van der Waals surface area contributed by atoms with E-state index in [1.807, 2.05) is 0 Å². The average Bonchev–Trinajstić information content (AvgIpc) is 3.14. The van der Waals surface area contributed by atoms with Gasteiger partial charge < -0.3 is 10.2 Å². The Kier molecular flexibility index (Phi) is 5.84.